The van der Waals surface area contributed by atoms with Crippen LogP contribution in [0.5, 0.6) is 0 Å². The maximum atomic E-state index is 13.2. The van der Waals surface area contributed by atoms with E-state index >= 15 is 0 Å². The Bertz CT molecular complexity index is 341. The molecule has 2 unspecified atom stereocenters. The highest BCUT2D eigenvalue weighted by atomic mass is 19.1. The van der Waals surface area contributed by atoms with Gasteiger partial charge in [0, 0.05) is 12.6 Å². The monoisotopic (exact) mass is 253 g/mol. The number of ether oxygens (including phenoxy) is 1. The molecular formula is C15H24FNO. The molecule has 0 fully saturated rings. The fraction of sp³-hybridized carbons (Fsp3) is 0.600. The van der Waals surface area contributed by atoms with Crippen molar-refractivity contribution >= 4 is 0 Å². The van der Waals surface area contributed by atoms with Crippen LogP contribution in [0.1, 0.15) is 51.2 Å². The van der Waals surface area contributed by atoms with Crippen LogP contribution in [0.4, 0.5) is 4.39 Å². The average Bonchev–Trinajstić information content (AvgIpc) is 2.33. The Hall–Kier alpha value is -0.930. The Balaban J connectivity index is 2.50. The van der Waals surface area contributed by atoms with Crippen LogP contribution in [-0.4, -0.2) is 12.6 Å². The molecule has 0 saturated carbocycles. The maximum absolute atomic E-state index is 13.2. The summed E-state index contributed by atoms with van der Waals surface area (Å²) < 4.78 is 19.0. The molecule has 2 nitrogen and oxygen atoms in total. The van der Waals surface area contributed by atoms with Gasteiger partial charge in [-0.1, -0.05) is 38.3 Å². The molecule has 0 aromatic heterocycles. The molecule has 1 aromatic rings. The molecule has 18 heavy (non-hydrogen) atoms. The molecule has 1 rings (SSSR count). The van der Waals surface area contributed by atoms with E-state index in [1.807, 2.05) is 13.0 Å². The van der Waals surface area contributed by atoms with Gasteiger partial charge in [-0.15, -0.1) is 0 Å². The molecule has 0 saturated heterocycles. The van der Waals surface area contributed by atoms with Crippen LogP contribution in [0.2, 0.25) is 0 Å². The van der Waals surface area contributed by atoms with Gasteiger partial charge >= 0.3 is 0 Å². The summed E-state index contributed by atoms with van der Waals surface area (Å²) >= 11 is 0. The minimum Gasteiger partial charge on any atom is -0.372 e. The number of rotatable bonds is 8. The van der Waals surface area contributed by atoms with Crippen LogP contribution in [0.25, 0.3) is 0 Å². The third-order valence-electron chi connectivity index (χ3n) is 2.95. The Morgan fingerprint density at radius 2 is 2.06 bits per heavy atom. The van der Waals surface area contributed by atoms with Gasteiger partial charge in [0.25, 0.3) is 0 Å². The van der Waals surface area contributed by atoms with Gasteiger partial charge in [-0.2, -0.15) is 0 Å². The van der Waals surface area contributed by atoms with Crippen molar-refractivity contribution < 1.29 is 9.13 Å². The number of hydrogen-bond donors (Lipinski definition) is 1. The summed E-state index contributed by atoms with van der Waals surface area (Å²) in [7, 11) is 0. The predicted molar refractivity (Wildman–Crippen MR) is 72.9 cm³/mol. The summed E-state index contributed by atoms with van der Waals surface area (Å²) in [6, 6.07) is 6.35. The van der Waals surface area contributed by atoms with Crippen LogP contribution in [0.15, 0.2) is 24.3 Å². The van der Waals surface area contributed by atoms with E-state index in [9.17, 15) is 4.39 Å². The molecule has 102 valence electrons. The Morgan fingerprint density at radius 3 is 2.67 bits per heavy atom. The topological polar surface area (TPSA) is 35.2 Å². The summed E-state index contributed by atoms with van der Waals surface area (Å²) in [5.74, 6) is -0.243. The van der Waals surface area contributed by atoms with Crippen molar-refractivity contribution in [3.63, 3.8) is 0 Å². The third-order valence-corrected chi connectivity index (χ3v) is 2.95. The SMILES string of the molecule is CCCCCCOC(c1cccc(F)c1)C(C)N. The van der Waals surface area contributed by atoms with E-state index in [-0.39, 0.29) is 18.0 Å². The summed E-state index contributed by atoms with van der Waals surface area (Å²) in [6.45, 7) is 4.75. The first-order chi connectivity index (χ1) is 8.65. The molecule has 2 atom stereocenters. The Kier molecular flexibility index (Phi) is 6.91. The van der Waals surface area contributed by atoms with Crippen molar-refractivity contribution in [2.45, 2.75) is 51.7 Å². The first kappa shape index (κ1) is 15.1. The standard InChI is InChI=1S/C15H24FNO/c1-3-4-5-6-10-18-15(12(2)17)13-8-7-9-14(16)11-13/h7-9,11-12,15H,3-6,10,17H2,1-2H3. The molecule has 1 aromatic carbocycles. The van der Waals surface area contributed by atoms with E-state index in [0.717, 1.165) is 12.0 Å². The molecule has 0 spiro atoms. The molecule has 0 aliphatic heterocycles. The van der Waals surface area contributed by atoms with E-state index in [4.69, 9.17) is 10.5 Å². The molecule has 0 heterocycles. The average molecular weight is 253 g/mol. The minimum atomic E-state index is -0.243. The lowest BCUT2D eigenvalue weighted by atomic mass is 10.0. The van der Waals surface area contributed by atoms with Gasteiger partial charge < -0.3 is 10.5 Å². The van der Waals surface area contributed by atoms with Gasteiger partial charge in [-0.05, 0) is 31.0 Å². The molecule has 0 aliphatic carbocycles. The highest BCUT2D eigenvalue weighted by Crippen LogP contribution is 2.21. The van der Waals surface area contributed by atoms with E-state index in [0.29, 0.717) is 6.61 Å². The minimum absolute atomic E-state index is 0.141. The molecule has 2 N–H and O–H groups in total. The zero-order valence-electron chi connectivity index (χ0n) is 11.4. The number of halogens is 1. The lowest BCUT2D eigenvalue weighted by Gasteiger charge is -2.22. The third kappa shape index (κ3) is 5.15. The van der Waals surface area contributed by atoms with E-state index in [1.165, 1.54) is 31.4 Å². The van der Waals surface area contributed by atoms with Crippen molar-refractivity contribution in [3.05, 3.63) is 35.6 Å². The lowest BCUT2D eigenvalue weighted by molar-refractivity contribution is 0.0357. The number of nitrogens with two attached hydrogens (primary N) is 1. The van der Waals surface area contributed by atoms with Gasteiger partial charge in [-0.3, -0.25) is 0 Å². The summed E-state index contributed by atoms with van der Waals surface area (Å²) in [5, 5.41) is 0. The van der Waals surface area contributed by atoms with Crippen molar-refractivity contribution in [1.29, 1.82) is 0 Å². The van der Waals surface area contributed by atoms with Crippen molar-refractivity contribution in [2.24, 2.45) is 5.73 Å². The molecule has 3 heteroatoms. The fourth-order valence-corrected chi connectivity index (χ4v) is 1.97. The first-order valence-corrected chi connectivity index (χ1v) is 6.77. The number of hydrogen-bond acceptors (Lipinski definition) is 2. The molecule has 0 aliphatic rings. The number of unbranched alkanes of at least 4 members (excludes halogenated alkanes) is 3. The highest BCUT2D eigenvalue weighted by molar-refractivity contribution is 5.20. The zero-order chi connectivity index (χ0) is 13.4. The van der Waals surface area contributed by atoms with E-state index < -0.39 is 0 Å². The van der Waals surface area contributed by atoms with Crippen LogP contribution < -0.4 is 5.73 Å². The first-order valence-electron chi connectivity index (χ1n) is 6.77. The Labute approximate surface area is 109 Å². The van der Waals surface area contributed by atoms with Crippen LogP contribution >= 0.6 is 0 Å². The van der Waals surface area contributed by atoms with Crippen LogP contribution in [0.3, 0.4) is 0 Å². The van der Waals surface area contributed by atoms with Gasteiger partial charge in [-0.25, -0.2) is 4.39 Å². The molecular weight excluding hydrogens is 229 g/mol. The quantitative estimate of drug-likeness (QED) is 0.715. The second-order valence-electron chi connectivity index (χ2n) is 4.77. The van der Waals surface area contributed by atoms with Crippen molar-refractivity contribution in [1.82, 2.24) is 0 Å². The number of benzene rings is 1. The molecule has 0 radical (unpaired) electrons. The van der Waals surface area contributed by atoms with Crippen molar-refractivity contribution in [2.75, 3.05) is 6.61 Å². The summed E-state index contributed by atoms with van der Waals surface area (Å²) in [5.41, 5.74) is 6.73. The van der Waals surface area contributed by atoms with Crippen LogP contribution in [-0.2, 0) is 4.74 Å². The zero-order valence-corrected chi connectivity index (χ0v) is 11.4. The van der Waals surface area contributed by atoms with Crippen molar-refractivity contribution in [3.8, 4) is 0 Å². The summed E-state index contributed by atoms with van der Waals surface area (Å²) in [6.07, 6.45) is 4.42. The molecule has 0 amide bonds. The van der Waals surface area contributed by atoms with Gasteiger partial charge in [0.2, 0.25) is 0 Å². The smallest absolute Gasteiger partial charge is 0.123 e. The van der Waals surface area contributed by atoms with Gasteiger partial charge in [0.1, 0.15) is 5.82 Å². The lowest BCUT2D eigenvalue weighted by Crippen LogP contribution is -2.27. The second kappa shape index (κ2) is 8.22. The van der Waals surface area contributed by atoms with Gasteiger partial charge in [0.15, 0.2) is 0 Å². The largest absolute Gasteiger partial charge is 0.372 e. The normalized spacial score (nSPS) is 14.4. The van der Waals surface area contributed by atoms with Crippen LogP contribution in [0, 0.1) is 5.82 Å². The second-order valence-corrected chi connectivity index (χ2v) is 4.77. The Morgan fingerprint density at radius 1 is 1.28 bits per heavy atom. The fourth-order valence-electron chi connectivity index (χ4n) is 1.97. The van der Waals surface area contributed by atoms with E-state index in [2.05, 4.69) is 6.92 Å². The molecule has 0 bridgehead atoms. The predicted octanol–water partition coefficient (Wildman–Crippen LogP) is 3.81. The maximum Gasteiger partial charge on any atom is 0.123 e. The van der Waals surface area contributed by atoms with E-state index in [1.54, 1.807) is 6.07 Å². The van der Waals surface area contributed by atoms with Gasteiger partial charge in [0.05, 0.1) is 6.10 Å². The summed E-state index contributed by atoms with van der Waals surface area (Å²) in [4.78, 5) is 0. The highest BCUT2D eigenvalue weighted by Gasteiger charge is 2.17.